The average molecular weight is 243 g/mol. The second-order valence-electron chi connectivity index (χ2n) is 3.92. The van der Waals surface area contributed by atoms with E-state index in [0.29, 0.717) is 11.5 Å². The highest BCUT2D eigenvalue weighted by Gasteiger charge is 2.13. The van der Waals surface area contributed by atoms with Gasteiger partial charge in [-0.05, 0) is 36.8 Å². The van der Waals surface area contributed by atoms with Gasteiger partial charge in [0.25, 0.3) is 0 Å². The number of pyridine rings is 1. The van der Waals surface area contributed by atoms with Gasteiger partial charge in [-0.3, -0.25) is 9.78 Å². The number of rotatable bonds is 4. The van der Waals surface area contributed by atoms with E-state index in [1.54, 1.807) is 55.7 Å². The molecule has 0 aliphatic carbocycles. The Morgan fingerprint density at radius 1 is 1.22 bits per heavy atom. The Hall–Kier alpha value is -2.36. The molecular formula is C14H13NO3. The molecule has 0 spiro atoms. The first-order chi connectivity index (χ1) is 8.66. The topological polar surface area (TPSA) is 59.4 Å². The molecule has 1 N–H and O–H groups in total. The Morgan fingerprint density at radius 2 is 1.94 bits per heavy atom. The molecular weight excluding hydrogens is 230 g/mol. The van der Waals surface area contributed by atoms with Crippen LogP contribution in [0.2, 0.25) is 0 Å². The molecule has 2 aromatic rings. The lowest BCUT2D eigenvalue weighted by atomic mass is 10.0. The van der Waals surface area contributed by atoms with Gasteiger partial charge in [0.2, 0.25) is 0 Å². The number of ether oxygens (including phenoxy) is 1. The van der Waals surface area contributed by atoms with Crippen LogP contribution in [0.4, 0.5) is 0 Å². The summed E-state index contributed by atoms with van der Waals surface area (Å²) in [5.41, 5.74) is 0.751. The Labute approximate surface area is 105 Å². The number of nitrogens with zero attached hydrogens (tertiary/aromatic N) is 1. The number of carboxylic acid groups (broad SMARTS) is 1. The molecule has 18 heavy (non-hydrogen) atoms. The van der Waals surface area contributed by atoms with E-state index >= 15 is 0 Å². The van der Waals surface area contributed by atoms with Gasteiger partial charge < -0.3 is 9.84 Å². The molecule has 0 amide bonds. The highest BCUT2D eigenvalue weighted by molar-refractivity contribution is 5.75. The van der Waals surface area contributed by atoms with Crippen molar-refractivity contribution in [3.05, 3.63) is 54.4 Å². The van der Waals surface area contributed by atoms with Gasteiger partial charge in [0.1, 0.15) is 11.5 Å². The molecule has 4 nitrogen and oxygen atoms in total. The van der Waals surface area contributed by atoms with E-state index in [0.717, 1.165) is 5.56 Å². The van der Waals surface area contributed by atoms with E-state index in [1.807, 2.05) is 0 Å². The number of benzene rings is 1. The lowest BCUT2D eigenvalue weighted by Crippen LogP contribution is -2.06. The summed E-state index contributed by atoms with van der Waals surface area (Å²) in [4.78, 5) is 14.8. The van der Waals surface area contributed by atoms with E-state index in [2.05, 4.69) is 4.98 Å². The minimum absolute atomic E-state index is 0.516. The van der Waals surface area contributed by atoms with Crippen molar-refractivity contribution < 1.29 is 14.6 Å². The fourth-order valence-corrected chi connectivity index (χ4v) is 1.51. The maximum absolute atomic E-state index is 10.8. The van der Waals surface area contributed by atoms with Crippen LogP contribution in [0.3, 0.4) is 0 Å². The predicted octanol–water partition coefficient (Wildman–Crippen LogP) is 3.06. The molecule has 2 rings (SSSR count). The number of aliphatic carboxylic acids is 1. The third-order valence-electron chi connectivity index (χ3n) is 2.62. The quantitative estimate of drug-likeness (QED) is 0.896. The first-order valence-corrected chi connectivity index (χ1v) is 5.57. The van der Waals surface area contributed by atoms with Crippen LogP contribution in [0.15, 0.2) is 48.8 Å². The fraction of sp³-hybridized carbons (Fsp3) is 0.143. The smallest absolute Gasteiger partial charge is 0.310 e. The minimum atomic E-state index is -0.837. The number of carboxylic acids is 1. The molecule has 0 fully saturated rings. The van der Waals surface area contributed by atoms with Crippen molar-refractivity contribution in [1.82, 2.24) is 4.98 Å². The molecule has 0 saturated heterocycles. The second-order valence-corrected chi connectivity index (χ2v) is 3.92. The molecule has 1 heterocycles. The SMILES string of the molecule is CC(C(=O)O)c1ccc(Oc2cccnc2)cc1. The molecule has 1 atom stereocenters. The molecule has 0 aliphatic heterocycles. The first-order valence-electron chi connectivity index (χ1n) is 5.57. The lowest BCUT2D eigenvalue weighted by Gasteiger charge is -2.08. The van der Waals surface area contributed by atoms with Crippen molar-refractivity contribution in [2.24, 2.45) is 0 Å². The second kappa shape index (κ2) is 5.31. The maximum Gasteiger partial charge on any atom is 0.310 e. The summed E-state index contributed by atoms with van der Waals surface area (Å²) in [6, 6.07) is 10.6. The third-order valence-corrected chi connectivity index (χ3v) is 2.62. The van der Waals surface area contributed by atoms with Gasteiger partial charge in [-0.25, -0.2) is 0 Å². The summed E-state index contributed by atoms with van der Waals surface area (Å²) in [5.74, 6) is -0.0470. The molecule has 1 aromatic carbocycles. The van der Waals surface area contributed by atoms with Crippen LogP contribution >= 0.6 is 0 Å². The van der Waals surface area contributed by atoms with E-state index < -0.39 is 11.9 Å². The zero-order valence-electron chi connectivity index (χ0n) is 9.91. The van der Waals surface area contributed by atoms with Crippen LogP contribution in [-0.2, 0) is 4.79 Å². The Kier molecular flexibility index (Phi) is 3.57. The summed E-state index contributed by atoms with van der Waals surface area (Å²) in [5, 5.41) is 8.90. The normalized spacial score (nSPS) is 11.8. The fourth-order valence-electron chi connectivity index (χ4n) is 1.51. The minimum Gasteiger partial charge on any atom is -0.481 e. The van der Waals surface area contributed by atoms with Gasteiger partial charge in [-0.15, -0.1) is 0 Å². The van der Waals surface area contributed by atoms with Gasteiger partial charge in [0.05, 0.1) is 12.1 Å². The highest BCUT2D eigenvalue weighted by atomic mass is 16.5. The maximum atomic E-state index is 10.8. The lowest BCUT2D eigenvalue weighted by molar-refractivity contribution is -0.138. The summed E-state index contributed by atoms with van der Waals surface area (Å²) in [6.07, 6.45) is 3.29. The number of carbonyl (C=O) groups is 1. The van der Waals surface area contributed by atoms with Crippen LogP contribution < -0.4 is 4.74 Å². The largest absolute Gasteiger partial charge is 0.481 e. The summed E-state index contributed by atoms with van der Waals surface area (Å²) >= 11 is 0. The van der Waals surface area contributed by atoms with Crippen LogP contribution in [0.1, 0.15) is 18.4 Å². The van der Waals surface area contributed by atoms with E-state index in [4.69, 9.17) is 9.84 Å². The Morgan fingerprint density at radius 3 is 2.50 bits per heavy atom. The summed E-state index contributed by atoms with van der Waals surface area (Å²) < 4.78 is 5.56. The van der Waals surface area contributed by atoms with Crippen molar-refractivity contribution in [1.29, 1.82) is 0 Å². The van der Waals surface area contributed by atoms with Crippen molar-refractivity contribution in [2.75, 3.05) is 0 Å². The van der Waals surface area contributed by atoms with E-state index in [1.165, 1.54) is 0 Å². The van der Waals surface area contributed by atoms with E-state index in [-0.39, 0.29) is 0 Å². The van der Waals surface area contributed by atoms with Gasteiger partial charge >= 0.3 is 5.97 Å². The van der Waals surface area contributed by atoms with Gasteiger partial charge in [0.15, 0.2) is 0 Å². The standard InChI is InChI=1S/C14H13NO3/c1-10(14(16)17)11-4-6-12(7-5-11)18-13-3-2-8-15-9-13/h2-10H,1H3,(H,16,17). The van der Waals surface area contributed by atoms with Gasteiger partial charge in [-0.1, -0.05) is 12.1 Å². The molecule has 0 radical (unpaired) electrons. The molecule has 0 bridgehead atoms. The predicted molar refractivity (Wildman–Crippen MR) is 66.8 cm³/mol. The number of hydrogen-bond donors (Lipinski definition) is 1. The number of aromatic nitrogens is 1. The van der Waals surface area contributed by atoms with Crippen LogP contribution in [0.25, 0.3) is 0 Å². The molecule has 0 aliphatic rings. The third kappa shape index (κ3) is 2.85. The van der Waals surface area contributed by atoms with Crippen molar-refractivity contribution in [2.45, 2.75) is 12.8 Å². The van der Waals surface area contributed by atoms with Crippen LogP contribution in [0.5, 0.6) is 11.5 Å². The van der Waals surface area contributed by atoms with Crippen LogP contribution in [-0.4, -0.2) is 16.1 Å². The van der Waals surface area contributed by atoms with Gasteiger partial charge in [0, 0.05) is 6.20 Å². The molecule has 1 aromatic heterocycles. The van der Waals surface area contributed by atoms with E-state index in [9.17, 15) is 4.79 Å². The average Bonchev–Trinajstić information content (AvgIpc) is 2.40. The number of hydrogen-bond acceptors (Lipinski definition) is 3. The molecule has 1 unspecified atom stereocenters. The molecule has 92 valence electrons. The summed E-state index contributed by atoms with van der Waals surface area (Å²) in [7, 11) is 0. The Balaban J connectivity index is 2.11. The zero-order valence-corrected chi connectivity index (χ0v) is 9.91. The van der Waals surface area contributed by atoms with Crippen molar-refractivity contribution >= 4 is 5.97 Å². The van der Waals surface area contributed by atoms with Crippen LogP contribution in [0, 0.1) is 0 Å². The monoisotopic (exact) mass is 243 g/mol. The Bertz CT molecular complexity index is 522. The molecule has 0 saturated carbocycles. The highest BCUT2D eigenvalue weighted by Crippen LogP contribution is 2.23. The van der Waals surface area contributed by atoms with Crippen molar-refractivity contribution in [3.63, 3.8) is 0 Å². The molecule has 4 heteroatoms. The first kappa shape index (κ1) is 12.1. The van der Waals surface area contributed by atoms with Crippen molar-refractivity contribution in [3.8, 4) is 11.5 Å². The van der Waals surface area contributed by atoms with Gasteiger partial charge in [-0.2, -0.15) is 0 Å². The summed E-state index contributed by atoms with van der Waals surface area (Å²) in [6.45, 7) is 1.65. The zero-order chi connectivity index (χ0) is 13.0.